The maximum Gasteiger partial charge on any atom is 0.332 e. The van der Waals surface area contributed by atoms with E-state index in [2.05, 4.69) is 6.92 Å². The van der Waals surface area contributed by atoms with E-state index in [4.69, 9.17) is 5.73 Å². The Morgan fingerprint density at radius 2 is 1.92 bits per heavy atom. The summed E-state index contributed by atoms with van der Waals surface area (Å²) in [5.41, 5.74) is 3.83. The third-order valence-electron chi connectivity index (χ3n) is 4.68. The number of nitrogens with zero attached hydrogens (tertiary/aromatic N) is 1. The first kappa shape index (κ1) is 21.9. The summed E-state index contributed by atoms with van der Waals surface area (Å²) in [4.78, 5) is 37.6. The molecule has 0 bridgehead atoms. The van der Waals surface area contributed by atoms with Crippen molar-refractivity contribution in [3.63, 3.8) is 0 Å². The lowest BCUT2D eigenvalue weighted by Gasteiger charge is -2.37. The number of nitrogens with two attached hydrogens (primary N) is 1. The zero-order valence-corrected chi connectivity index (χ0v) is 15.9. The fourth-order valence-corrected chi connectivity index (χ4v) is 4.48. The molecular weight excluding hydrogens is 344 g/mol. The second kappa shape index (κ2) is 10.1. The number of carbonyl (C=O) groups is 3. The van der Waals surface area contributed by atoms with Crippen LogP contribution < -0.4 is 5.73 Å². The molecule has 0 amide bonds. The van der Waals surface area contributed by atoms with Crippen molar-refractivity contribution < 1.29 is 24.6 Å². The number of hydrogen-bond donors (Lipinski definition) is 3. The summed E-state index contributed by atoms with van der Waals surface area (Å²) in [5, 5.41) is 19.4. The second-order valence-electron chi connectivity index (χ2n) is 6.60. The fourth-order valence-electron chi connectivity index (χ4n) is 3.36. The average Bonchev–Trinajstić information content (AvgIpc) is 2.98. The number of carboxylic acid groups (broad SMARTS) is 2. The van der Waals surface area contributed by atoms with E-state index in [1.165, 1.54) is 23.6 Å². The number of carbonyl (C=O) groups excluding carboxylic acids is 1. The van der Waals surface area contributed by atoms with Crippen molar-refractivity contribution in [3.05, 3.63) is 0 Å². The molecule has 8 heteroatoms. The molecule has 1 aliphatic rings. The van der Waals surface area contributed by atoms with E-state index in [-0.39, 0.29) is 18.7 Å². The van der Waals surface area contributed by atoms with Crippen LogP contribution >= 0.6 is 11.8 Å². The van der Waals surface area contributed by atoms with E-state index in [0.29, 0.717) is 6.42 Å². The van der Waals surface area contributed by atoms with Crippen LogP contribution in [0.25, 0.3) is 0 Å². The van der Waals surface area contributed by atoms with E-state index in [1.54, 1.807) is 0 Å². The monoisotopic (exact) mass is 374 g/mol. The van der Waals surface area contributed by atoms with Crippen LogP contribution in [-0.2, 0) is 14.4 Å². The van der Waals surface area contributed by atoms with Gasteiger partial charge in [0.25, 0.3) is 0 Å². The first-order valence-electron chi connectivity index (χ1n) is 8.89. The number of thioether (sulfide) groups is 1. The normalized spacial score (nSPS) is 23.3. The highest BCUT2D eigenvalue weighted by atomic mass is 32.2. The molecule has 0 saturated carbocycles. The van der Waals surface area contributed by atoms with Crippen molar-refractivity contribution in [1.29, 1.82) is 0 Å². The number of aliphatic carboxylic acids is 2. The molecule has 1 aliphatic heterocycles. The Morgan fingerprint density at radius 1 is 1.24 bits per heavy atom. The highest BCUT2D eigenvalue weighted by molar-refractivity contribution is 7.99. The second-order valence-corrected chi connectivity index (χ2v) is 7.75. The van der Waals surface area contributed by atoms with Crippen LogP contribution in [0.5, 0.6) is 0 Å². The third kappa shape index (κ3) is 5.18. The van der Waals surface area contributed by atoms with Crippen molar-refractivity contribution in [3.8, 4) is 0 Å². The van der Waals surface area contributed by atoms with Gasteiger partial charge in [0.15, 0.2) is 11.3 Å². The van der Waals surface area contributed by atoms with Crippen molar-refractivity contribution in [2.75, 3.05) is 18.1 Å². The maximum absolute atomic E-state index is 12.5. The molecule has 1 fully saturated rings. The molecule has 0 aromatic heterocycles. The average molecular weight is 375 g/mol. The van der Waals surface area contributed by atoms with Crippen LogP contribution in [0, 0.1) is 0 Å². The summed E-state index contributed by atoms with van der Waals surface area (Å²) in [7, 11) is 0. The van der Waals surface area contributed by atoms with E-state index in [0.717, 1.165) is 31.4 Å². The molecule has 4 N–H and O–H groups in total. The summed E-state index contributed by atoms with van der Waals surface area (Å²) < 4.78 is 0. The van der Waals surface area contributed by atoms with Crippen LogP contribution in [0.4, 0.5) is 0 Å². The molecule has 1 heterocycles. The van der Waals surface area contributed by atoms with Crippen molar-refractivity contribution in [2.24, 2.45) is 5.73 Å². The largest absolute Gasteiger partial charge is 0.480 e. The first-order valence-corrected chi connectivity index (χ1v) is 10.0. The molecule has 7 nitrogen and oxygen atoms in total. The van der Waals surface area contributed by atoms with Gasteiger partial charge in [-0.1, -0.05) is 26.2 Å². The Morgan fingerprint density at radius 3 is 2.44 bits per heavy atom. The molecule has 25 heavy (non-hydrogen) atoms. The topological polar surface area (TPSA) is 121 Å². The maximum atomic E-state index is 12.5. The van der Waals surface area contributed by atoms with Gasteiger partial charge in [0.2, 0.25) is 0 Å². The molecule has 2 unspecified atom stereocenters. The first-order chi connectivity index (χ1) is 11.8. The smallest absolute Gasteiger partial charge is 0.332 e. The predicted molar refractivity (Wildman–Crippen MR) is 97.9 cm³/mol. The minimum atomic E-state index is -1.82. The van der Waals surface area contributed by atoms with E-state index in [9.17, 15) is 24.6 Å². The van der Waals surface area contributed by atoms with Gasteiger partial charge in [-0.25, -0.2) is 4.79 Å². The summed E-state index contributed by atoms with van der Waals surface area (Å²) in [6.07, 6.45) is 4.97. The van der Waals surface area contributed by atoms with E-state index >= 15 is 0 Å². The van der Waals surface area contributed by atoms with Crippen molar-refractivity contribution in [1.82, 2.24) is 4.90 Å². The van der Waals surface area contributed by atoms with Crippen LogP contribution in [0.1, 0.15) is 52.4 Å². The number of ketones is 1. The minimum absolute atomic E-state index is 0.105. The highest BCUT2D eigenvalue weighted by Gasteiger charge is 2.57. The highest BCUT2D eigenvalue weighted by Crippen LogP contribution is 2.34. The molecule has 0 radical (unpaired) electrons. The van der Waals surface area contributed by atoms with E-state index in [1.807, 2.05) is 0 Å². The van der Waals surface area contributed by atoms with Crippen LogP contribution in [0.2, 0.25) is 0 Å². The molecule has 0 aliphatic carbocycles. The van der Waals surface area contributed by atoms with Gasteiger partial charge in [-0.05, 0) is 31.9 Å². The number of likely N-dealkylation sites (tertiary alicyclic amines) is 1. The Hall–Kier alpha value is -1.12. The van der Waals surface area contributed by atoms with Crippen LogP contribution in [-0.4, -0.2) is 68.5 Å². The van der Waals surface area contributed by atoms with Gasteiger partial charge in [0.05, 0.1) is 6.04 Å². The molecule has 1 saturated heterocycles. The molecule has 1 rings (SSSR count). The zero-order chi connectivity index (χ0) is 19.0. The summed E-state index contributed by atoms with van der Waals surface area (Å²) in [6.45, 7) is 3.85. The fraction of sp³-hybridized carbons (Fsp3) is 0.824. The van der Waals surface area contributed by atoms with Gasteiger partial charge in [-0.3, -0.25) is 14.5 Å². The number of unbranched alkanes of at least 4 members (excludes halogenated alkanes) is 3. The van der Waals surface area contributed by atoms with Gasteiger partial charge in [0.1, 0.15) is 6.04 Å². The molecule has 144 valence electrons. The predicted octanol–water partition coefficient (Wildman–Crippen LogP) is 1.59. The Balaban J connectivity index is 2.87. The summed E-state index contributed by atoms with van der Waals surface area (Å²) >= 11 is 1.50. The van der Waals surface area contributed by atoms with Crippen molar-refractivity contribution in [2.45, 2.75) is 70.0 Å². The quantitative estimate of drug-likeness (QED) is 0.348. The number of rotatable bonds is 12. The zero-order valence-electron chi connectivity index (χ0n) is 15.1. The van der Waals surface area contributed by atoms with E-state index < -0.39 is 35.3 Å². The SMILES string of the molecule is CCCCCCSC[C@@H](C(=O)O)N1CCCC1(C(=O)O)C(=O)C(C)N. The molecular formula is C17H30N2O5S. The van der Waals surface area contributed by atoms with Crippen LogP contribution in [0.3, 0.4) is 0 Å². The van der Waals surface area contributed by atoms with Gasteiger partial charge in [-0.2, -0.15) is 11.8 Å². The van der Waals surface area contributed by atoms with Crippen LogP contribution in [0.15, 0.2) is 0 Å². The summed E-state index contributed by atoms with van der Waals surface area (Å²) in [6, 6.07) is -1.95. The Kier molecular flexibility index (Phi) is 8.88. The standard InChI is InChI=1S/C17H30N2O5S/c1-3-4-5-6-10-25-11-13(15(21)22)19-9-7-8-17(19,16(23)24)14(20)12(2)18/h12-13H,3-11,18H2,1-2H3,(H,21,22)(H,23,24)/t12?,13-,17?/m0/s1. The summed E-state index contributed by atoms with van der Waals surface area (Å²) in [5.74, 6) is -1.91. The molecule has 3 atom stereocenters. The third-order valence-corrected chi connectivity index (χ3v) is 5.81. The van der Waals surface area contributed by atoms with Gasteiger partial charge < -0.3 is 15.9 Å². The minimum Gasteiger partial charge on any atom is -0.480 e. The molecule has 0 aromatic carbocycles. The number of hydrogen-bond acceptors (Lipinski definition) is 6. The molecule has 0 spiro atoms. The number of Topliss-reactive ketones (excluding diaryl/α,β-unsaturated/α-hetero) is 1. The lowest BCUT2D eigenvalue weighted by Crippen LogP contribution is -2.64. The lowest BCUT2D eigenvalue weighted by atomic mass is 9.86. The molecule has 0 aromatic rings. The van der Waals surface area contributed by atoms with Gasteiger partial charge in [0, 0.05) is 12.3 Å². The number of carboxylic acids is 2. The van der Waals surface area contributed by atoms with Gasteiger partial charge >= 0.3 is 11.9 Å². The lowest BCUT2D eigenvalue weighted by molar-refractivity contribution is -0.160. The Bertz CT molecular complexity index is 486. The van der Waals surface area contributed by atoms with Gasteiger partial charge in [-0.15, -0.1) is 0 Å². The Labute approximate surface area is 153 Å². The van der Waals surface area contributed by atoms with Crippen molar-refractivity contribution >= 4 is 29.5 Å².